The standard InChI is InChI=1S/C16H35N/c1-8-11-17-15(10-9-13(2)3)12-14(4)16(5,6)7/h13-15,17H,8-12H2,1-7H3. The molecule has 0 aromatic carbocycles. The molecule has 0 aromatic heterocycles. The summed E-state index contributed by atoms with van der Waals surface area (Å²) in [6, 6.07) is 0.714. The Bertz CT molecular complexity index is 178. The van der Waals surface area contributed by atoms with Crippen molar-refractivity contribution in [3.05, 3.63) is 0 Å². The van der Waals surface area contributed by atoms with Crippen LogP contribution in [-0.2, 0) is 0 Å². The second-order valence-electron chi connectivity index (χ2n) is 7.13. The van der Waals surface area contributed by atoms with Crippen LogP contribution in [0.15, 0.2) is 0 Å². The number of hydrogen-bond acceptors (Lipinski definition) is 1. The molecular weight excluding hydrogens is 206 g/mol. The van der Waals surface area contributed by atoms with Gasteiger partial charge in [0.2, 0.25) is 0 Å². The van der Waals surface area contributed by atoms with Crippen molar-refractivity contribution >= 4 is 0 Å². The van der Waals surface area contributed by atoms with Crippen molar-refractivity contribution < 1.29 is 0 Å². The molecule has 0 bridgehead atoms. The lowest BCUT2D eigenvalue weighted by Gasteiger charge is -2.31. The summed E-state index contributed by atoms with van der Waals surface area (Å²) in [7, 11) is 0. The van der Waals surface area contributed by atoms with Crippen molar-refractivity contribution in [2.24, 2.45) is 17.3 Å². The largest absolute Gasteiger partial charge is 0.314 e. The summed E-state index contributed by atoms with van der Waals surface area (Å²) < 4.78 is 0. The van der Waals surface area contributed by atoms with E-state index < -0.39 is 0 Å². The van der Waals surface area contributed by atoms with Crippen LogP contribution in [0.2, 0.25) is 0 Å². The molecule has 104 valence electrons. The second kappa shape index (κ2) is 8.13. The molecule has 17 heavy (non-hydrogen) atoms. The lowest BCUT2D eigenvalue weighted by Crippen LogP contribution is -2.34. The van der Waals surface area contributed by atoms with Crippen LogP contribution in [0.5, 0.6) is 0 Å². The molecule has 0 rings (SSSR count). The van der Waals surface area contributed by atoms with E-state index in [2.05, 4.69) is 53.8 Å². The molecule has 0 aliphatic rings. The van der Waals surface area contributed by atoms with E-state index in [9.17, 15) is 0 Å². The minimum atomic E-state index is 0.434. The van der Waals surface area contributed by atoms with Gasteiger partial charge in [0.15, 0.2) is 0 Å². The number of hydrogen-bond donors (Lipinski definition) is 1. The molecule has 1 nitrogen and oxygen atoms in total. The molecule has 0 heterocycles. The molecule has 1 N–H and O–H groups in total. The van der Waals surface area contributed by atoms with Crippen LogP contribution in [0.4, 0.5) is 0 Å². The minimum Gasteiger partial charge on any atom is -0.314 e. The molecule has 2 atom stereocenters. The Morgan fingerprint density at radius 2 is 1.59 bits per heavy atom. The highest BCUT2D eigenvalue weighted by Gasteiger charge is 2.23. The van der Waals surface area contributed by atoms with Crippen LogP contribution >= 0.6 is 0 Å². The fourth-order valence-corrected chi connectivity index (χ4v) is 1.97. The molecule has 0 amide bonds. The van der Waals surface area contributed by atoms with Gasteiger partial charge in [0, 0.05) is 6.04 Å². The lowest BCUT2D eigenvalue weighted by molar-refractivity contribution is 0.216. The molecule has 0 radical (unpaired) electrons. The molecule has 0 spiro atoms. The summed E-state index contributed by atoms with van der Waals surface area (Å²) in [6.07, 6.45) is 5.23. The highest BCUT2D eigenvalue weighted by molar-refractivity contribution is 4.77. The first-order valence-electron chi connectivity index (χ1n) is 7.50. The maximum absolute atomic E-state index is 3.73. The Morgan fingerprint density at radius 3 is 2.00 bits per heavy atom. The predicted molar refractivity (Wildman–Crippen MR) is 79.4 cm³/mol. The average molecular weight is 241 g/mol. The number of rotatable bonds is 8. The summed E-state index contributed by atoms with van der Waals surface area (Å²) >= 11 is 0. The van der Waals surface area contributed by atoms with Gasteiger partial charge in [0.25, 0.3) is 0 Å². The van der Waals surface area contributed by atoms with Crippen LogP contribution in [0, 0.1) is 17.3 Å². The smallest absolute Gasteiger partial charge is 0.00698 e. The average Bonchev–Trinajstić information content (AvgIpc) is 2.20. The molecule has 0 saturated carbocycles. The Kier molecular flexibility index (Phi) is 8.11. The zero-order valence-corrected chi connectivity index (χ0v) is 13.3. The highest BCUT2D eigenvalue weighted by Crippen LogP contribution is 2.30. The van der Waals surface area contributed by atoms with E-state index >= 15 is 0 Å². The van der Waals surface area contributed by atoms with E-state index in [-0.39, 0.29) is 0 Å². The molecule has 0 aliphatic carbocycles. The third-order valence-corrected chi connectivity index (χ3v) is 3.89. The first-order chi connectivity index (χ1) is 7.77. The number of nitrogens with one attached hydrogen (secondary N) is 1. The highest BCUT2D eigenvalue weighted by atomic mass is 14.9. The van der Waals surface area contributed by atoms with E-state index in [1.54, 1.807) is 0 Å². The Hall–Kier alpha value is -0.0400. The quantitative estimate of drug-likeness (QED) is 0.639. The monoisotopic (exact) mass is 241 g/mol. The first kappa shape index (κ1) is 17.0. The summed E-state index contributed by atoms with van der Waals surface area (Å²) in [5.41, 5.74) is 0.434. The van der Waals surface area contributed by atoms with Gasteiger partial charge in [-0.15, -0.1) is 0 Å². The zero-order valence-electron chi connectivity index (χ0n) is 13.3. The second-order valence-corrected chi connectivity index (χ2v) is 7.13. The predicted octanol–water partition coefficient (Wildman–Crippen LogP) is 4.86. The summed E-state index contributed by atoms with van der Waals surface area (Å²) in [6.45, 7) is 17.5. The SMILES string of the molecule is CCCNC(CCC(C)C)CC(C)C(C)(C)C. The van der Waals surface area contributed by atoms with Crippen LogP contribution < -0.4 is 5.32 Å². The molecule has 0 aromatic rings. The van der Waals surface area contributed by atoms with Gasteiger partial charge >= 0.3 is 0 Å². The maximum atomic E-state index is 3.73. The van der Waals surface area contributed by atoms with Crippen molar-refractivity contribution in [1.29, 1.82) is 0 Å². The minimum absolute atomic E-state index is 0.434. The van der Waals surface area contributed by atoms with Crippen LogP contribution in [0.3, 0.4) is 0 Å². The van der Waals surface area contributed by atoms with Gasteiger partial charge < -0.3 is 5.32 Å². The molecular formula is C16H35N. The van der Waals surface area contributed by atoms with E-state index in [4.69, 9.17) is 0 Å². The van der Waals surface area contributed by atoms with Gasteiger partial charge in [-0.3, -0.25) is 0 Å². The topological polar surface area (TPSA) is 12.0 Å². The van der Waals surface area contributed by atoms with Gasteiger partial charge in [-0.05, 0) is 49.5 Å². The van der Waals surface area contributed by atoms with E-state index in [0.29, 0.717) is 11.5 Å². The van der Waals surface area contributed by atoms with Crippen LogP contribution in [-0.4, -0.2) is 12.6 Å². The fourth-order valence-electron chi connectivity index (χ4n) is 1.97. The van der Waals surface area contributed by atoms with Crippen molar-refractivity contribution in [2.45, 2.75) is 80.2 Å². The Morgan fingerprint density at radius 1 is 1.00 bits per heavy atom. The van der Waals surface area contributed by atoms with E-state index in [0.717, 1.165) is 11.8 Å². The molecule has 0 aliphatic heterocycles. The van der Waals surface area contributed by atoms with Gasteiger partial charge in [0.05, 0.1) is 0 Å². The third kappa shape index (κ3) is 8.65. The van der Waals surface area contributed by atoms with Gasteiger partial charge in [-0.1, -0.05) is 48.5 Å². The van der Waals surface area contributed by atoms with Crippen LogP contribution in [0.25, 0.3) is 0 Å². The fraction of sp³-hybridized carbons (Fsp3) is 1.00. The third-order valence-electron chi connectivity index (χ3n) is 3.89. The van der Waals surface area contributed by atoms with Gasteiger partial charge in [-0.2, -0.15) is 0 Å². The summed E-state index contributed by atoms with van der Waals surface area (Å²) in [4.78, 5) is 0. The molecule has 1 heteroatoms. The Balaban J connectivity index is 4.17. The first-order valence-corrected chi connectivity index (χ1v) is 7.50. The molecule has 0 fully saturated rings. The van der Waals surface area contributed by atoms with Crippen molar-refractivity contribution in [2.75, 3.05) is 6.54 Å². The normalized spacial score (nSPS) is 16.2. The Labute approximate surface area is 110 Å². The molecule has 2 unspecified atom stereocenters. The van der Waals surface area contributed by atoms with Crippen LogP contribution in [0.1, 0.15) is 74.1 Å². The van der Waals surface area contributed by atoms with Crippen molar-refractivity contribution in [3.8, 4) is 0 Å². The van der Waals surface area contributed by atoms with E-state index in [1.807, 2.05) is 0 Å². The van der Waals surface area contributed by atoms with Crippen molar-refractivity contribution in [3.63, 3.8) is 0 Å². The summed E-state index contributed by atoms with van der Waals surface area (Å²) in [5.74, 6) is 1.61. The van der Waals surface area contributed by atoms with Gasteiger partial charge in [0.1, 0.15) is 0 Å². The lowest BCUT2D eigenvalue weighted by atomic mass is 9.78. The zero-order chi connectivity index (χ0) is 13.5. The van der Waals surface area contributed by atoms with Gasteiger partial charge in [-0.25, -0.2) is 0 Å². The maximum Gasteiger partial charge on any atom is 0.00698 e. The molecule has 0 saturated heterocycles. The summed E-state index contributed by atoms with van der Waals surface area (Å²) in [5, 5.41) is 3.73. The van der Waals surface area contributed by atoms with E-state index in [1.165, 1.54) is 32.2 Å². The van der Waals surface area contributed by atoms with Crippen molar-refractivity contribution in [1.82, 2.24) is 5.32 Å².